The highest BCUT2D eigenvalue weighted by Gasteiger charge is 2.34. The van der Waals surface area contributed by atoms with Crippen molar-refractivity contribution in [3.05, 3.63) is 94.5 Å². The Hall–Kier alpha value is -3.36. The van der Waals surface area contributed by atoms with Gasteiger partial charge in [0.1, 0.15) is 12.6 Å². The van der Waals surface area contributed by atoms with Gasteiger partial charge in [0.15, 0.2) is 0 Å². The number of hydrogen-bond donors (Lipinski definition) is 1. The van der Waals surface area contributed by atoms with E-state index >= 15 is 0 Å². The van der Waals surface area contributed by atoms with Crippen LogP contribution in [0.25, 0.3) is 0 Å². The maximum absolute atomic E-state index is 14.1. The second-order valence-electron chi connectivity index (χ2n) is 9.77. The summed E-state index contributed by atoms with van der Waals surface area (Å²) in [6.45, 7) is 7.79. The number of halogens is 1. The second-order valence-corrected chi connectivity index (χ2v) is 12.1. The van der Waals surface area contributed by atoms with Gasteiger partial charge in [0.25, 0.3) is 10.0 Å². The fourth-order valence-corrected chi connectivity index (χ4v) is 6.25. The van der Waals surface area contributed by atoms with Crippen LogP contribution in [0.15, 0.2) is 77.7 Å². The smallest absolute Gasteiger partial charge is 0.264 e. The van der Waals surface area contributed by atoms with Gasteiger partial charge in [-0.3, -0.25) is 13.9 Å². The standard InChI is InChI=1S/C31H38ClN3O4S/c1-5-7-19-33-31(37)28(6-2)34(21-25-14-12-11-13-23(25)3)30(36)22-35(29-18-17-26(32)20-24(29)4)40(38,39)27-15-9-8-10-16-27/h8-18,20,28H,5-7,19,21-22H2,1-4H3,(H,33,37). The van der Waals surface area contributed by atoms with Crippen molar-refractivity contribution in [2.24, 2.45) is 0 Å². The number of carbonyl (C=O) groups excluding carboxylic acids is 2. The van der Waals surface area contributed by atoms with Gasteiger partial charge in [-0.1, -0.05) is 74.3 Å². The van der Waals surface area contributed by atoms with Crippen molar-refractivity contribution in [1.29, 1.82) is 0 Å². The Morgan fingerprint density at radius 1 is 0.925 bits per heavy atom. The van der Waals surface area contributed by atoms with Gasteiger partial charge in [-0.15, -0.1) is 0 Å². The van der Waals surface area contributed by atoms with Crippen LogP contribution in [0.5, 0.6) is 0 Å². The molecular weight excluding hydrogens is 546 g/mol. The maximum Gasteiger partial charge on any atom is 0.264 e. The lowest BCUT2D eigenvalue weighted by atomic mass is 10.1. The Bertz CT molecular complexity index is 1410. The average Bonchev–Trinajstić information content (AvgIpc) is 2.93. The summed E-state index contributed by atoms with van der Waals surface area (Å²) < 4.78 is 29.0. The number of unbranched alkanes of at least 4 members (excludes halogenated alkanes) is 1. The lowest BCUT2D eigenvalue weighted by molar-refractivity contribution is -0.140. The highest BCUT2D eigenvalue weighted by atomic mass is 35.5. The summed E-state index contributed by atoms with van der Waals surface area (Å²) in [4.78, 5) is 29.0. The zero-order valence-corrected chi connectivity index (χ0v) is 25.1. The summed E-state index contributed by atoms with van der Waals surface area (Å²) in [5.74, 6) is -0.729. The molecular formula is C31H38ClN3O4S. The number of rotatable bonds is 13. The van der Waals surface area contributed by atoms with Gasteiger partial charge < -0.3 is 10.2 Å². The summed E-state index contributed by atoms with van der Waals surface area (Å²) in [6.07, 6.45) is 2.13. The van der Waals surface area contributed by atoms with Crippen molar-refractivity contribution < 1.29 is 18.0 Å². The summed E-state index contributed by atoms with van der Waals surface area (Å²) >= 11 is 6.17. The van der Waals surface area contributed by atoms with Crippen LogP contribution in [0.1, 0.15) is 49.8 Å². The van der Waals surface area contributed by atoms with E-state index in [2.05, 4.69) is 5.32 Å². The third-order valence-corrected chi connectivity index (χ3v) is 8.86. The van der Waals surface area contributed by atoms with Crippen LogP contribution in [0.4, 0.5) is 5.69 Å². The van der Waals surface area contributed by atoms with Gasteiger partial charge in [-0.05, 0) is 73.7 Å². The molecule has 0 aliphatic heterocycles. The van der Waals surface area contributed by atoms with Gasteiger partial charge in [-0.2, -0.15) is 0 Å². The summed E-state index contributed by atoms with van der Waals surface area (Å²) in [6, 6.07) is 19.8. The molecule has 0 aromatic heterocycles. The molecule has 0 saturated heterocycles. The van der Waals surface area contributed by atoms with E-state index in [0.29, 0.717) is 29.2 Å². The van der Waals surface area contributed by atoms with Crippen molar-refractivity contribution in [3.8, 4) is 0 Å². The number of nitrogens with one attached hydrogen (secondary N) is 1. The highest BCUT2D eigenvalue weighted by molar-refractivity contribution is 7.92. The first-order valence-corrected chi connectivity index (χ1v) is 15.4. The van der Waals surface area contributed by atoms with Crippen molar-refractivity contribution >= 4 is 39.1 Å². The zero-order valence-electron chi connectivity index (χ0n) is 23.6. The first kappa shape index (κ1) is 31.2. The van der Waals surface area contributed by atoms with Crippen molar-refractivity contribution in [1.82, 2.24) is 10.2 Å². The van der Waals surface area contributed by atoms with Crippen LogP contribution < -0.4 is 9.62 Å². The van der Waals surface area contributed by atoms with Crippen LogP contribution in [0.3, 0.4) is 0 Å². The molecule has 0 aliphatic rings. The van der Waals surface area contributed by atoms with E-state index in [9.17, 15) is 18.0 Å². The minimum atomic E-state index is -4.13. The number of amides is 2. The van der Waals surface area contributed by atoms with Crippen LogP contribution in [-0.4, -0.2) is 44.3 Å². The van der Waals surface area contributed by atoms with Crippen LogP contribution in [0.2, 0.25) is 5.02 Å². The largest absolute Gasteiger partial charge is 0.354 e. The van der Waals surface area contributed by atoms with E-state index in [4.69, 9.17) is 11.6 Å². The Kier molecular flexibility index (Phi) is 11.2. The molecule has 0 aliphatic carbocycles. The molecule has 2 amide bonds. The third kappa shape index (κ3) is 7.64. The molecule has 0 radical (unpaired) electrons. The lowest BCUT2D eigenvalue weighted by Gasteiger charge is -2.34. The fraction of sp³-hybridized carbons (Fsp3) is 0.355. The molecule has 0 fully saturated rings. The van der Waals surface area contributed by atoms with Gasteiger partial charge >= 0.3 is 0 Å². The molecule has 9 heteroatoms. The van der Waals surface area contributed by atoms with E-state index in [1.807, 2.05) is 45.0 Å². The molecule has 3 aromatic carbocycles. The third-order valence-electron chi connectivity index (χ3n) is 6.86. The second kappa shape index (κ2) is 14.3. The van der Waals surface area contributed by atoms with E-state index in [0.717, 1.165) is 28.3 Å². The predicted octanol–water partition coefficient (Wildman–Crippen LogP) is 5.88. The molecule has 0 spiro atoms. The van der Waals surface area contributed by atoms with Gasteiger partial charge in [0.05, 0.1) is 10.6 Å². The molecule has 1 unspecified atom stereocenters. The fourth-order valence-electron chi connectivity index (χ4n) is 4.53. The van der Waals surface area contributed by atoms with Crippen molar-refractivity contribution in [2.75, 3.05) is 17.4 Å². The Labute approximate surface area is 243 Å². The Morgan fingerprint density at radius 2 is 1.60 bits per heavy atom. The van der Waals surface area contributed by atoms with Gasteiger partial charge in [0.2, 0.25) is 11.8 Å². The number of hydrogen-bond acceptors (Lipinski definition) is 4. The molecule has 0 saturated carbocycles. The minimum absolute atomic E-state index is 0.0620. The normalized spacial score (nSPS) is 12.0. The Balaban J connectivity index is 2.07. The number of sulfonamides is 1. The van der Waals surface area contributed by atoms with Crippen LogP contribution in [0, 0.1) is 13.8 Å². The molecule has 40 heavy (non-hydrogen) atoms. The first-order chi connectivity index (χ1) is 19.1. The van der Waals surface area contributed by atoms with Crippen molar-refractivity contribution in [2.45, 2.75) is 64.4 Å². The van der Waals surface area contributed by atoms with E-state index in [1.54, 1.807) is 43.3 Å². The quantitative estimate of drug-likeness (QED) is 0.255. The van der Waals surface area contributed by atoms with Crippen molar-refractivity contribution in [3.63, 3.8) is 0 Å². The van der Waals surface area contributed by atoms with Crippen LogP contribution >= 0.6 is 11.6 Å². The molecule has 3 aromatic rings. The summed E-state index contributed by atoms with van der Waals surface area (Å²) in [5, 5.41) is 3.41. The number of aryl methyl sites for hydroxylation is 2. The Morgan fingerprint density at radius 3 is 2.23 bits per heavy atom. The zero-order chi connectivity index (χ0) is 29.3. The molecule has 0 bridgehead atoms. The predicted molar refractivity (Wildman–Crippen MR) is 161 cm³/mol. The first-order valence-electron chi connectivity index (χ1n) is 13.6. The topological polar surface area (TPSA) is 86.8 Å². The number of nitrogens with zero attached hydrogens (tertiary/aromatic N) is 2. The molecule has 3 rings (SSSR count). The average molecular weight is 584 g/mol. The number of benzene rings is 3. The maximum atomic E-state index is 14.1. The van der Waals surface area contributed by atoms with Crippen LogP contribution in [-0.2, 0) is 26.2 Å². The lowest BCUT2D eigenvalue weighted by Crippen LogP contribution is -2.52. The van der Waals surface area contributed by atoms with E-state index in [1.165, 1.54) is 17.0 Å². The monoisotopic (exact) mass is 583 g/mol. The van der Waals surface area contributed by atoms with E-state index < -0.39 is 28.5 Å². The summed E-state index contributed by atoms with van der Waals surface area (Å²) in [5.41, 5.74) is 2.81. The molecule has 7 nitrogen and oxygen atoms in total. The summed E-state index contributed by atoms with van der Waals surface area (Å²) in [7, 11) is -4.13. The number of anilines is 1. The number of carbonyl (C=O) groups is 2. The SMILES string of the molecule is CCCCNC(=O)C(CC)N(Cc1ccccc1C)C(=O)CN(c1ccc(Cl)cc1C)S(=O)(=O)c1ccccc1. The van der Waals surface area contributed by atoms with Gasteiger partial charge in [-0.25, -0.2) is 8.42 Å². The van der Waals surface area contributed by atoms with E-state index in [-0.39, 0.29) is 17.3 Å². The highest BCUT2D eigenvalue weighted by Crippen LogP contribution is 2.29. The van der Waals surface area contributed by atoms with Gasteiger partial charge in [0, 0.05) is 18.1 Å². The molecule has 214 valence electrons. The molecule has 0 heterocycles. The molecule has 1 atom stereocenters. The minimum Gasteiger partial charge on any atom is -0.354 e. The molecule has 1 N–H and O–H groups in total.